The Morgan fingerprint density at radius 1 is 1.18 bits per heavy atom. The molecule has 0 spiro atoms. The van der Waals surface area contributed by atoms with Crippen LogP contribution in [-0.4, -0.2) is 54.2 Å². The van der Waals surface area contributed by atoms with E-state index in [0.29, 0.717) is 18.7 Å². The predicted octanol–water partition coefficient (Wildman–Crippen LogP) is 4.12. The Balaban J connectivity index is 1.74. The average molecular weight is 459 g/mol. The third-order valence-corrected chi connectivity index (χ3v) is 8.66. The lowest BCUT2D eigenvalue weighted by molar-refractivity contribution is -0.149. The van der Waals surface area contributed by atoms with E-state index in [-0.39, 0.29) is 46.9 Å². The summed E-state index contributed by atoms with van der Waals surface area (Å²) in [5.41, 5.74) is 0.645. The number of methoxy groups -OCH3 is 1. The maximum atomic E-state index is 13.0. The van der Waals surface area contributed by atoms with Crippen LogP contribution in [0.15, 0.2) is 24.3 Å². The number of amides is 2. The van der Waals surface area contributed by atoms with Gasteiger partial charge in [0.25, 0.3) is 5.91 Å². The molecule has 2 fully saturated rings. The Morgan fingerprint density at radius 3 is 2.36 bits per heavy atom. The molecule has 2 amide bonds. The Bertz CT molecular complexity index is 822. The van der Waals surface area contributed by atoms with Crippen LogP contribution in [0, 0.1) is 29.1 Å². The molecule has 0 aromatic heterocycles. The van der Waals surface area contributed by atoms with Crippen LogP contribution in [0.4, 0.5) is 0 Å². The van der Waals surface area contributed by atoms with Crippen LogP contribution in [0.3, 0.4) is 0 Å². The second kappa shape index (κ2) is 10.5. The highest BCUT2D eigenvalue weighted by atomic mass is 16.5. The number of ether oxygens (including phenoxy) is 1. The fourth-order valence-corrected chi connectivity index (χ4v) is 6.50. The normalized spacial score (nSPS) is 32.4. The fourth-order valence-electron chi connectivity index (χ4n) is 6.50. The fraction of sp³-hybridized carbons (Fsp3) is 0.704. The highest BCUT2D eigenvalue weighted by Gasteiger charge is 2.54. The summed E-state index contributed by atoms with van der Waals surface area (Å²) in [5.74, 6) is 0.696. The third-order valence-electron chi connectivity index (χ3n) is 8.66. The number of nitrogens with one attached hydrogen (secondary N) is 1. The largest absolute Gasteiger partial charge is 0.497 e. The van der Waals surface area contributed by atoms with E-state index in [9.17, 15) is 14.7 Å². The number of hydrogen-bond acceptors (Lipinski definition) is 4. The van der Waals surface area contributed by atoms with Gasteiger partial charge in [-0.25, -0.2) is 0 Å². The van der Waals surface area contributed by atoms with Crippen molar-refractivity contribution >= 4 is 11.8 Å². The predicted molar refractivity (Wildman–Crippen MR) is 130 cm³/mol. The van der Waals surface area contributed by atoms with Crippen LogP contribution in [0.5, 0.6) is 5.75 Å². The molecule has 2 aliphatic rings. The second-order valence-corrected chi connectivity index (χ2v) is 10.4. The zero-order valence-corrected chi connectivity index (χ0v) is 21.1. The molecule has 2 saturated carbocycles. The Labute approximate surface area is 199 Å². The van der Waals surface area contributed by atoms with Gasteiger partial charge in [0, 0.05) is 30.6 Å². The van der Waals surface area contributed by atoms with Gasteiger partial charge >= 0.3 is 0 Å². The van der Waals surface area contributed by atoms with Gasteiger partial charge in [-0.3, -0.25) is 9.59 Å². The quantitative estimate of drug-likeness (QED) is 0.644. The maximum Gasteiger partial charge on any atom is 0.251 e. The monoisotopic (exact) mass is 458 g/mol. The zero-order chi connectivity index (χ0) is 24.3. The van der Waals surface area contributed by atoms with E-state index in [2.05, 4.69) is 19.2 Å². The summed E-state index contributed by atoms with van der Waals surface area (Å²) >= 11 is 0. The lowest BCUT2D eigenvalue weighted by Gasteiger charge is -2.56. The standard InChI is InChI=1S/C27H42N2O4/c1-7-29(8-2)26(32)17(3)21-13-15-27(5)16-14-22(18(4)23(27)24(21)30)28-25(31)19-9-11-20(33-6)12-10-19/h9-12,17-18,21-24,30H,7-8,13-16H2,1-6H3,(H,28,31). The first-order valence-electron chi connectivity index (χ1n) is 12.6. The topological polar surface area (TPSA) is 78.9 Å². The van der Waals surface area contributed by atoms with Crippen LogP contribution in [0.1, 0.15) is 70.7 Å². The minimum absolute atomic E-state index is 0.000124. The molecule has 7 unspecified atom stereocenters. The molecule has 2 N–H and O–H groups in total. The van der Waals surface area contributed by atoms with Crippen molar-refractivity contribution in [3.05, 3.63) is 29.8 Å². The molecule has 33 heavy (non-hydrogen) atoms. The lowest BCUT2D eigenvalue weighted by Crippen LogP contribution is -2.58. The molecule has 184 valence electrons. The van der Waals surface area contributed by atoms with Crippen molar-refractivity contribution in [1.29, 1.82) is 0 Å². The number of benzene rings is 1. The molecule has 2 aliphatic carbocycles. The molecule has 3 rings (SSSR count). The highest BCUT2D eigenvalue weighted by molar-refractivity contribution is 5.94. The number of aliphatic hydroxyl groups excluding tert-OH is 1. The van der Waals surface area contributed by atoms with Gasteiger partial charge in [-0.15, -0.1) is 0 Å². The minimum atomic E-state index is -0.547. The van der Waals surface area contributed by atoms with E-state index in [4.69, 9.17) is 4.74 Å². The Hall–Kier alpha value is -2.08. The average Bonchev–Trinajstić information content (AvgIpc) is 2.81. The molecule has 1 aromatic rings. The summed E-state index contributed by atoms with van der Waals surface area (Å²) < 4.78 is 5.19. The first-order valence-corrected chi connectivity index (χ1v) is 12.6. The first-order chi connectivity index (χ1) is 15.7. The number of rotatable bonds is 7. The van der Waals surface area contributed by atoms with E-state index in [1.54, 1.807) is 31.4 Å². The molecule has 1 aromatic carbocycles. The van der Waals surface area contributed by atoms with Gasteiger partial charge in [0.05, 0.1) is 13.2 Å². The second-order valence-electron chi connectivity index (χ2n) is 10.4. The molecular weight excluding hydrogens is 416 g/mol. The van der Waals surface area contributed by atoms with Crippen LogP contribution in [-0.2, 0) is 4.79 Å². The molecular formula is C27H42N2O4. The SMILES string of the molecule is CCN(CC)C(=O)C(C)C1CCC2(C)CCC(NC(=O)c3ccc(OC)cc3)C(C)C2C1O. The number of carbonyl (C=O) groups excluding carboxylic acids is 2. The van der Waals surface area contributed by atoms with E-state index in [0.717, 1.165) is 31.4 Å². The van der Waals surface area contributed by atoms with Gasteiger partial charge in [0.2, 0.25) is 5.91 Å². The van der Waals surface area contributed by atoms with Crippen molar-refractivity contribution in [3.63, 3.8) is 0 Å². The highest BCUT2D eigenvalue weighted by Crippen LogP contribution is 2.55. The van der Waals surface area contributed by atoms with Crippen LogP contribution < -0.4 is 10.1 Å². The van der Waals surface area contributed by atoms with E-state index < -0.39 is 6.10 Å². The minimum Gasteiger partial charge on any atom is -0.497 e. The molecule has 7 atom stereocenters. The van der Waals surface area contributed by atoms with E-state index in [1.165, 1.54) is 0 Å². The summed E-state index contributed by atoms with van der Waals surface area (Å²) in [6.07, 6.45) is 3.21. The van der Waals surface area contributed by atoms with Crippen molar-refractivity contribution in [2.45, 2.75) is 72.4 Å². The Morgan fingerprint density at radius 2 is 1.79 bits per heavy atom. The number of carbonyl (C=O) groups is 2. The summed E-state index contributed by atoms with van der Waals surface area (Å²) in [5, 5.41) is 14.8. The Kier molecular flexibility index (Phi) is 8.09. The number of nitrogens with zero attached hydrogens (tertiary/aromatic N) is 1. The van der Waals surface area contributed by atoms with Gasteiger partial charge < -0.3 is 20.1 Å². The van der Waals surface area contributed by atoms with E-state index >= 15 is 0 Å². The van der Waals surface area contributed by atoms with Crippen molar-refractivity contribution < 1.29 is 19.4 Å². The van der Waals surface area contributed by atoms with Crippen molar-refractivity contribution in [3.8, 4) is 5.75 Å². The van der Waals surface area contributed by atoms with Crippen LogP contribution in [0.25, 0.3) is 0 Å². The summed E-state index contributed by atoms with van der Waals surface area (Å²) in [6, 6.07) is 7.13. The van der Waals surface area contributed by atoms with Crippen LogP contribution >= 0.6 is 0 Å². The lowest BCUT2D eigenvalue weighted by atomic mass is 9.51. The molecule has 0 bridgehead atoms. The molecule has 6 heteroatoms. The smallest absolute Gasteiger partial charge is 0.251 e. The van der Waals surface area contributed by atoms with Crippen molar-refractivity contribution in [1.82, 2.24) is 10.2 Å². The first kappa shape index (κ1) is 25.5. The van der Waals surface area contributed by atoms with Gasteiger partial charge in [0.15, 0.2) is 0 Å². The van der Waals surface area contributed by atoms with Crippen molar-refractivity contribution in [2.24, 2.45) is 29.1 Å². The number of aliphatic hydroxyl groups is 1. The van der Waals surface area contributed by atoms with Gasteiger partial charge in [-0.2, -0.15) is 0 Å². The number of fused-ring (bicyclic) bond motifs is 1. The third kappa shape index (κ3) is 5.06. The summed E-state index contributed by atoms with van der Waals surface area (Å²) in [4.78, 5) is 27.8. The van der Waals surface area contributed by atoms with Gasteiger partial charge in [-0.1, -0.05) is 20.8 Å². The molecule has 0 radical (unpaired) electrons. The molecule has 0 aliphatic heterocycles. The van der Waals surface area contributed by atoms with Gasteiger partial charge in [0.1, 0.15) is 5.75 Å². The molecule has 0 saturated heterocycles. The summed E-state index contributed by atoms with van der Waals surface area (Å²) in [7, 11) is 1.61. The zero-order valence-electron chi connectivity index (χ0n) is 21.1. The van der Waals surface area contributed by atoms with Crippen LogP contribution in [0.2, 0.25) is 0 Å². The molecule has 6 nitrogen and oxygen atoms in total. The molecule has 0 heterocycles. The van der Waals surface area contributed by atoms with Gasteiger partial charge in [-0.05, 0) is 87.0 Å². The van der Waals surface area contributed by atoms with Crippen molar-refractivity contribution in [2.75, 3.05) is 20.2 Å². The maximum absolute atomic E-state index is 13.0. The summed E-state index contributed by atoms with van der Waals surface area (Å²) in [6.45, 7) is 11.8. The van der Waals surface area contributed by atoms with E-state index in [1.807, 2.05) is 25.7 Å². The number of hydrogen-bond donors (Lipinski definition) is 2.